The third-order valence-electron chi connectivity index (χ3n) is 4.93. The van der Waals surface area contributed by atoms with Crippen molar-refractivity contribution in [1.82, 2.24) is 9.97 Å². The molecule has 2 aromatic carbocycles. The van der Waals surface area contributed by atoms with E-state index in [1.165, 1.54) is 0 Å². The predicted molar refractivity (Wildman–Crippen MR) is 116 cm³/mol. The zero-order chi connectivity index (χ0) is 21.7. The Morgan fingerprint density at radius 3 is 2.53 bits per heavy atom. The van der Waals surface area contributed by atoms with Crippen molar-refractivity contribution in [3.63, 3.8) is 0 Å². The van der Waals surface area contributed by atoms with Crippen molar-refractivity contribution in [3.05, 3.63) is 66.0 Å². The van der Waals surface area contributed by atoms with E-state index in [0.29, 0.717) is 35.0 Å². The lowest BCUT2D eigenvalue weighted by molar-refractivity contribution is -0.142. The fourth-order valence-electron chi connectivity index (χ4n) is 3.33. The maximum Gasteiger partial charge on any atom is 0.334 e. The van der Waals surface area contributed by atoms with Gasteiger partial charge in [0.05, 0.1) is 6.61 Å². The minimum absolute atomic E-state index is 0.0472. The number of nitrogen functional groups attached to an aromatic ring is 1. The number of anilines is 1. The third-order valence-corrected chi connectivity index (χ3v) is 4.93. The van der Waals surface area contributed by atoms with Gasteiger partial charge >= 0.3 is 5.97 Å². The van der Waals surface area contributed by atoms with Crippen LogP contribution in [0.3, 0.4) is 0 Å². The summed E-state index contributed by atoms with van der Waals surface area (Å²) in [5, 5.41) is 20.9. The Balaban J connectivity index is 2.10. The van der Waals surface area contributed by atoms with Crippen molar-refractivity contribution < 1.29 is 14.6 Å². The van der Waals surface area contributed by atoms with Crippen LogP contribution in [-0.2, 0) is 10.3 Å². The Morgan fingerprint density at radius 1 is 1.27 bits per heavy atom. The summed E-state index contributed by atoms with van der Waals surface area (Å²) in [6.07, 6.45) is 3.63. The van der Waals surface area contributed by atoms with Crippen LogP contribution in [0.15, 0.2) is 54.9 Å². The molecule has 8 nitrogen and oxygen atoms in total. The molecule has 0 saturated carbocycles. The number of ether oxygens (including phenoxy) is 1. The zero-order valence-electron chi connectivity index (χ0n) is 16.9. The van der Waals surface area contributed by atoms with Crippen LogP contribution >= 0.6 is 0 Å². The molecule has 30 heavy (non-hydrogen) atoms. The molecule has 0 aliphatic rings. The van der Waals surface area contributed by atoms with Crippen molar-refractivity contribution >= 4 is 17.5 Å². The summed E-state index contributed by atoms with van der Waals surface area (Å²) in [5.74, 6) is 0.127. The number of amidine groups is 1. The van der Waals surface area contributed by atoms with Gasteiger partial charge in [-0.2, -0.15) is 0 Å². The van der Waals surface area contributed by atoms with E-state index in [1.807, 2.05) is 19.9 Å². The zero-order valence-corrected chi connectivity index (χ0v) is 16.9. The summed E-state index contributed by atoms with van der Waals surface area (Å²) in [6.45, 7) is 4.14. The topological polar surface area (TPSA) is 137 Å². The SMILES string of the molecule is CCOc1cc(-c2ncc[nH]2)cc(C(CC)(Nc2ccc(C(=N)N)cc2)C(=O)O)c1. The molecular weight excluding hydrogens is 382 g/mol. The number of benzene rings is 2. The van der Waals surface area contributed by atoms with Crippen molar-refractivity contribution in [2.75, 3.05) is 11.9 Å². The highest BCUT2D eigenvalue weighted by Crippen LogP contribution is 2.35. The highest BCUT2D eigenvalue weighted by Gasteiger charge is 2.39. The minimum atomic E-state index is -1.40. The predicted octanol–water partition coefficient (Wildman–Crippen LogP) is 3.56. The summed E-state index contributed by atoms with van der Waals surface area (Å²) >= 11 is 0. The van der Waals surface area contributed by atoms with Crippen molar-refractivity contribution in [2.24, 2.45) is 5.73 Å². The lowest BCUT2D eigenvalue weighted by Gasteiger charge is -2.32. The monoisotopic (exact) mass is 407 g/mol. The summed E-state index contributed by atoms with van der Waals surface area (Å²) in [6, 6.07) is 12.2. The van der Waals surface area contributed by atoms with E-state index in [1.54, 1.807) is 48.8 Å². The van der Waals surface area contributed by atoms with E-state index in [4.69, 9.17) is 15.9 Å². The first kappa shape index (κ1) is 20.9. The first-order chi connectivity index (χ1) is 14.4. The van der Waals surface area contributed by atoms with Crippen LogP contribution < -0.4 is 15.8 Å². The summed E-state index contributed by atoms with van der Waals surface area (Å²) < 4.78 is 5.70. The molecule has 3 rings (SSSR count). The van der Waals surface area contributed by atoms with Gasteiger partial charge < -0.3 is 25.9 Å². The second kappa shape index (κ2) is 8.69. The van der Waals surface area contributed by atoms with Crippen molar-refractivity contribution in [2.45, 2.75) is 25.8 Å². The van der Waals surface area contributed by atoms with Crippen LogP contribution in [-0.4, -0.2) is 33.5 Å². The van der Waals surface area contributed by atoms with Gasteiger partial charge in [-0.05, 0) is 61.4 Å². The molecule has 1 heterocycles. The van der Waals surface area contributed by atoms with Crippen LogP contribution in [0, 0.1) is 5.41 Å². The van der Waals surface area contributed by atoms with Gasteiger partial charge in [-0.25, -0.2) is 9.78 Å². The van der Waals surface area contributed by atoms with Gasteiger partial charge in [-0.15, -0.1) is 0 Å². The molecule has 0 aliphatic heterocycles. The standard InChI is InChI=1S/C22H25N5O3/c1-3-22(21(28)29,27-17-7-5-14(6-8-17)19(23)24)16-11-15(20-25-9-10-26-20)12-18(13-16)30-4-2/h5-13,27H,3-4H2,1-2H3,(H3,23,24)(H,25,26)(H,28,29). The second-order valence-corrected chi connectivity index (χ2v) is 6.80. The average Bonchev–Trinajstić information content (AvgIpc) is 3.27. The number of aliphatic carboxylic acids is 1. The number of rotatable bonds is 9. The number of carboxylic acids is 1. The highest BCUT2D eigenvalue weighted by atomic mass is 16.5. The molecule has 1 aromatic heterocycles. The highest BCUT2D eigenvalue weighted by molar-refractivity contribution is 5.95. The molecule has 0 saturated heterocycles. The minimum Gasteiger partial charge on any atom is -0.494 e. The Hall–Kier alpha value is -3.81. The van der Waals surface area contributed by atoms with Gasteiger partial charge in [-0.3, -0.25) is 5.41 Å². The quantitative estimate of drug-likeness (QED) is 0.272. The first-order valence-corrected chi connectivity index (χ1v) is 9.63. The van der Waals surface area contributed by atoms with Gasteiger partial charge in [0.25, 0.3) is 0 Å². The van der Waals surface area contributed by atoms with E-state index in [9.17, 15) is 9.90 Å². The van der Waals surface area contributed by atoms with Crippen molar-refractivity contribution in [3.8, 4) is 17.1 Å². The molecule has 156 valence electrons. The summed E-state index contributed by atoms with van der Waals surface area (Å²) in [7, 11) is 0. The maximum absolute atomic E-state index is 12.5. The molecule has 0 radical (unpaired) electrons. The van der Waals surface area contributed by atoms with E-state index < -0.39 is 11.5 Å². The Bertz CT molecular complexity index is 1030. The molecule has 0 aliphatic carbocycles. The van der Waals surface area contributed by atoms with E-state index >= 15 is 0 Å². The number of nitrogens with two attached hydrogens (primary N) is 1. The molecule has 6 N–H and O–H groups in total. The number of hydrogen-bond acceptors (Lipinski definition) is 5. The molecule has 3 aromatic rings. The smallest absolute Gasteiger partial charge is 0.334 e. The number of H-pyrrole nitrogens is 1. The molecule has 0 amide bonds. The largest absolute Gasteiger partial charge is 0.494 e. The molecule has 0 fully saturated rings. The second-order valence-electron chi connectivity index (χ2n) is 6.80. The molecule has 1 atom stereocenters. The average molecular weight is 407 g/mol. The number of imidazole rings is 1. The summed E-state index contributed by atoms with van der Waals surface area (Å²) in [4.78, 5) is 19.8. The van der Waals surface area contributed by atoms with E-state index in [0.717, 1.165) is 5.56 Å². The number of nitrogens with zero attached hydrogens (tertiary/aromatic N) is 1. The van der Waals surface area contributed by atoms with Crippen LogP contribution in [0.25, 0.3) is 11.4 Å². The number of aromatic amines is 1. The Morgan fingerprint density at radius 2 is 2.00 bits per heavy atom. The summed E-state index contributed by atoms with van der Waals surface area (Å²) in [5.41, 5.74) is 6.56. The van der Waals surface area contributed by atoms with Gasteiger partial charge in [-0.1, -0.05) is 6.92 Å². The third kappa shape index (κ3) is 4.12. The van der Waals surface area contributed by atoms with Gasteiger partial charge in [0.15, 0.2) is 5.54 Å². The normalized spacial score (nSPS) is 12.7. The number of aromatic nitrogens is 2. The van der Waals surface area contributed by atoms with E-state index in [-0.39, 0.29) is 12.3 Å². The molecule has 8 heteroatoms. The fraction of sp³-hybridized carbons (Fsp3) is 0.227. The number of carbonyl (C=O) groups is 1. The molecule has 1 unspecified atom stereocenters. The Labute approximate surface area is 174 Å². The molecule has 0 spiro atoms. The van der Waals surface area contributed by atoms with Crippen LogP contribution in [0.5, 0.6) is 5.75 Å². The number of carboxylic acid groups (broad SMARTS) is 1. The molecule has 0 bridgehead atoms. The lowest BCUT2D eigenvalue weighted by Crippen LogP contribution is -2.43. The van der Waals surface area contributed by atoms with Crippen molar-refractivity contribution in [1.29, 1.82) is 5.41 Å². The number of nitrogens with one attached hydrogen (secondary N) is 3. The van der Waals surface area contributed by atoms with Gasteiger partial charge in [0, 0.05) is 29.2 Å². The van der Waals surface area contributed by atoms with Crippen LogP contribution in [0.1, 0.15) is 31.4 Å². The lowest BCUT2D eigenvalue weighted by atomic mass is 9.85. The number of hydrogen-bond donors (Lipinski definition) is 5. The first-order valence-electron chi connectivity index (χ1n) is 9.63. The fourth-order valence-corrected chi connectivity index (χ4v) is 3.33. The van der Waals surface area contributed by atoms with Crippen LogP contribution in [0.4, 0.5) is 5.69 Å². The van der Waals surface area contributed by atoms with Gasteiger partial charge in [0.2, 0.25) is 0 Å². The van der Waals surface area contributed by atoms with E-state index in [2.05, 4.69) is 15.3 Å². The molecular formula is C22H25N5O3. The van der Waals surface area contributed by atoms with Crippen LogP contribution in [0.2, 0.25) is 0 Å². The Kier molecular flexibility index (Phi) is 6.06. The maximum atomic E-state index is 12.5. The van der Waals surface area contributed by atoms with Gasteiger partial charge in [0.1, 0.15) is 17.4 Å².